The maximum Gasteiger partial charge on any atom is 0.302 e. The molecule has 35 heavy (non-hydrogen) atoms. The zero-order valence-corrected chi connectivity index (χ0v) is 23.9. The van der Waals surface area contributed by atoms with E-state index >= 15 is 0 Å². The Morgan fingerprint density at radius 3 is 2.34 bits per heavy atom. The Bertz CT molecular complexity index is 1090. The summed E-state index contributed by atoms with van der Waals surface area (Å²) in [6, 6.07) is 7.12. The summed E-state index contributed by atoms with van der Waals surface area (Å²) in [5.41, 5.74) is 4.94. The third-order valence-corrected chi connectivity index (χ3v) is 9.46. The molecule has 0 heterocycles. The summed E-state index contributed by atoms with van der Waals surface area (Å²) in [6.45, 7) is 13.9. The number of ether oxygens (including phenoxy) is 1. The summed E-state index contributed by atoms with van der Waals surface area (Å²) in [4.78, 5) is 11.3. The van der Waals surface area contributed by atoms with Crippen molar-refractivity contribution in [1.29, 1.82) is 0 Å². The fourth-order valence-electron chi connectivity index (χ4n) is 4.80. The second-order valence-electron chi connectivity index (χ2n) is 10.5. The van der Waals surface area contributed by atoms with Crippen molar-refractivity contribution in [1.82, 2.24) is 0 Å². The predicted molar refractivity (Wildman–Crippen MR) is 146 cm³/mol. The van der Waals surface area contributed by atoms with Crippen LogP contribution in [0.25, 0.3) is 0 Å². The lowest BCUT2D eigenvalue weighted by Crippen LogP contribution is -2.34. The van der Waals surface area contributed by atoms with E-state index in [1.54, 1.807) is 12.1 Å². The summed E-state index contributed by atoms with van der Waals surface area (Å²) < 4.78 is 33.0. The number of alkyl halides is 1. The van der Waals surface area contributed by atoms with Crippen molar-refractivity contribution in [2.24, 2.45) is 5.41 Å². The molecule has 0 saturated heterocycles. The highest BCUT2D eigenvalue weighted by Gasteiger charge is 2.39. The molecule has 0 aromatic heterocycles. The van der Waals surface area contributed by atoms with Gasteiger partial charge in [0, 0.05) is 6.92 Å². The Morgan fingerprint density at radius 2 is 1.77 bits per heavy atom. The number of esters is 1. The van der Waals surface area contributed by atoms with Crippen molar-refractivity contribution in [3.05, 3.63) is 64.3 Å². The summed E-state index contributed by atoms with van der Waals surface area (Å²) in [6.07, 6.45) is 8.13. The van der Waals surface area contributed by atoms with Crippen LogP contribution in [0.15, 0.2) is 63.6 Å². The van der Waals surface area contributed by atoms with Gasteiger partial charge in [-0.05, 0) is 89.0 Å². The van der Waals surface area contributed by atoms with Crippen LogP contribution in [0.4, 0.5) is 0 Å². The van der Waals surface area contributed by atoms with Crippen LogP contribution in [0, 0.1) is 12.3 Å². The first kappa shape index (κ1) is 29.4. The van der Waals surface area contributed by atoms with Gasteiger partial charge in [-0.25, -0.2) is 8.42 Å². The summed E-state index contributed by atoms with van der Waals surface area (Å²) in [5, 5.41) is -1.04. The molecule has 194 valence electrons. The highest BCUT2D eigenvalue weighted by atomic mass is 35.5. The number of aryl methyl sites for hydroxylation is 1. The van der Waals surface area contributed by atoms with Gasteiger partial charge in [-0.1, -0.05) is 54.3 Å². The molecule has 1 aliphatic carbocycles. The number of sulfone groups is 1. The molecule has 2 atom stereocenters. The first-order chi connectivity index (χ1) is 16.3. The third-order valence-electron chi connectivity index (χ3n) is 6.93. The molecule has 1 aromatic carbocycles. The van der Waals surface area contributed by atoms with E-state index < -0.39 is 15.1 Å². The van der Waals surface area contributed by atoms with Crippen LogP contribution in [0.2, 0.25) is 0 Å². The second kappa shape index (κ2) is 12.4. The van der Waals surface area contributed by atoms with E-state index in [9.17, 15) is 13.2 Å². The molecule has 6 heteroatoms. The summed E-state index contributed by atoms with van der Waals surface area (Å²) in [5.74, 6) is -0.306. The van der Waals surface area contributed by atoms with E-state index in [2.05, 4.69) is 20.8 Å². The van der Waals surface area contributed by atoms with E-state index in [0.717, 1.165) is 48.0 Å². The number of allylic oxidation sites excluding steroid dienone is 3. The number of benzene rings is 1. The molecule has 2 rings (SSSR count). The number of hydrogen-bond donors (Lipinski definition) is 0. The smallest absolute Gasteiger partial charge is 0.302 e. The normalized spacial score (nSPS) is 18.9. The van der Waals surface area contributed by atoms with E-state index in [1.165, 1.54) is 12.5 Å². The molecule has 4 nitrogen and oxygen atoms in total. The van der Waals surface area contributed by atoms with Gasteiger partial charge in [0.05, 0.1) is 10.3 Å². The number of halogens is 1. The Labute approximate surface area is 217 Å². The van der Waals surface area contributed by atoms with Gasteiger partial charge in [-0.2, -0.15) is 0 Å². The molecule has 1 aliphatic rings. The third kappa shape index (κ3) is 8.08. The van der Waals surface area contributed by atoms with Crippen LogP contribution in [0.5, 0.6) is 0 Å². The van der Waals surface area contributed by atoms with Crippen LogP contribution in [0.1, 0.15) is 79.2 Å². The lowest BCUT2D eigenvalue weighted by atomic mass is 9.71. The van der Waals surface area contributed by atoms with Crippen molar-refractivity contribution in [2.75, 3.05) is 6.61 Å². The van der Waals surface area contributed by atoms with Gasteiger partial charge in [0.15, 0.2) is 9.84 Å². The van der Waals surface area contributed by atoms with Crippen LogP contribution in [-0.2, 0) is 19.4 Å². The molecule has 0 aliphatic heterocycles. The quantitative estimate of drug-likeness (QED) is 0.182. The van der Waals surface area contributed by atoms with Gasteiger partial charge in [-0.3, -0.25) is 4.79 Å². The highest BCUT2D eigenvalue weighted by Crippen LogP contribution is 2.45. The van der Waals surface area contributed by atoms with Crippen molar-refractivity contribution in [3.8, 4) is 0 Å². The Hall–Kier alpha value is -1.85. The maximum absolute atomic E-state index is 14.0. The topological polar surface area (TPSA) is 60.4 Å². The predicted octanol–water partition coefficient (Wildman–Crippen LogP) is 7.51. The lowest BCUT2D eigenvalue weighted by molar-refractivity contribution is -0.139. The van der Waals surface area contributed by atoms with Crippen molar-refractivity contribution >= 4 is 27.4 Å². The minimum Gasteiger partial charge on any atom is -0.462 e. The van der Waals surface area contributed by atoms with Gasteiger partial charge >= 0.3 is 5.97 Å². The van der Waals surface area contributed by atoms with Crippen LogP contribution in [0.3, 0.4) is 0 Å². The molecular formula is C29H41ClO4S. The SMILES string of the molecule is CC(=O)OC/C=C(\C)CCC(Cl)/C(C)=C/C(C1=C(C)CCCC1(C)C)S(=O)(=O)c1ccc(C)cc1. The van der Waals surface area contributed by atoms with Crippen LogP contribution < -0.4 is 0 Å². The average molecular weight is 521 g/mol. The van der Waals surface area contributed by atoms with E-state index in [4.69, 9.17) is 16.3 Å². The van der Waals surface area contributed by atoms with E-state index in [0.29, 0.717) is 11.3 Å². The van der Waals surface area contributed by atoms with E-state index in [-0.39, 0.29) is 23.4 Å². The number of carbonyl (C=O) groups is 1. The van der Waals surface area contributed by atoms with Crippen molar-refractivity contribution in [2.45, 2.75) is 96.1 Å². The van der Waals surface area contributed by atoms with Gasteiger partial charge in [-0.15, -0.1) is 11.6 Å². The molecule has 0 amide bonds. The molecular weight excluding hydrogens is 480 g/mol. The van der Waals surface area contributed by atoms with Crippen LogP contribution in [-0.4, -0.2) is 31.6 Å². The zero-order chi connectivity index (χ0) is 26.4. The molecule has 0 bridgehead atoms. The summed E-state index contributed by atoms with van der Waals surface area (Å²) in [7, 11) is -3.65. The van der Waals surface area contributed by atoms with Crippen LogP contribution >= 0.6 is 11.6 Å². The minimum atomic E-state index is -3.65. The molecule has 0 fully saturated rings. The molecule has 0 saturated carbocycles. The molecule has 0 N–H and O–H groups in total. The standard InChI is InChI=1S/C29H41ClO4S/c1-20-10-13-25(14-11-20)35(32,33)27(28-22(3)9-8-17-29(28,6)7)19-23(4)26(30)15-12-21(2)16-18-34-24(5)31/h10-11,13-14,16,19,26-27H,8-9,12,15,17-18H2,1-7H3/b21-16+,23-19+. The zero-order valence-electron chi connectivity index (χ0n) is 22.3. The first-order valence-electron chi connectivity index (χ1n) is 12.4. The number of hydrogen-bond acceptors (Lipinski definition) is 4. The fraction of sp³-hybridized carbons (Fsp3) is 0.552. The maximum atomic E-state index is 14.0. The molecule has 0 spiro atoms. The number of rotatable bonds is 10. The first-order valence-corrected chi connectivity index (χ1v) is 14.4. The Kier molecular flexibility index (Phi) is 10.4. The average Bonchev–Trinajstić information content (AvgIpc) is 2.76. The van der Waals surface area contributed by atoms with Gasteiger partial charge < -0.3 is 4.74 Å². The molecule has 2 unspecified atom stereocenters. The summed E-state index contributed by atoms with van der Waals surface area (Å²) >= 11 is 6.78. The number of carbonyl (C=O) groups excluding carboxylic acids is 1. The van der Waals surface area contributed by atoms with Gasteiger partial charge in [0.25, 0.3) is 0 Å². The Morgan fingerprint density at radius 1 is 1.14 bits per heavy atom. The molecule has 1 aromatic rings. The minimum absolute atomic E-state index is 0.209. The largest absolute Gasteiger partial charge is 0.462 e. The molecule has 0 radical (unpaired) electrons. The highest BCUT2D eigenvalue weighted by molar-refractivity contribution is 7.92. The monoisotopic (exact) mass is 520 g/mol. The lowest BCUT2D eigenvalue weighted by Gasteiger charge is -2.38. The second-order valence-corrected chi connectivity index (χ2v) is 13.1. The Balaban J connectivity index is 2.40. The van der Waals surface area contributed by atoms with Crippen molar-refractivity contribution in [3.63, 3.8) is 0 Å². The van der Waals surface area contributed by atoms with Gasteiger partial charge in [0.1, 0.15) is 11.9 Å². The van der Waals surface area contributed by atoms with Gasteiger partial charge in [0.2, 0.25) is 0 Å². The van der Waals surface area contributed by atoms with Crippen molar-refractivity contribution < 1.29 is 17.9 Å². The van der Waals surface area contributed by atoms with E-state index in [1.807, 2.05) is 45.1 Å². The fourth-order valence-corrected chi connectivity index (χ4v) is 7.02.